The van der Waals surface area contributed by atoms with Crippen molar-refractivity contribution in [3.05, 3.63) is 121 Å². The third-order valence-corrected chi connectivity index (χ3v) is 14.5. The van der Waals surface area contributed by atoms with E-state index in [1.54, 1.807) is 6.07 Å². The molecule has 4 fully saturated rings. The highest BCUT2D eigenvalue weighted by atomic mass is 35.5. The largest absolute Gasteiger partial charge is 0.486 e. The number of benzene rings is 4. The van der Waals surface area contributed by atoms with Crippen LogP contribution in [0.2, 0.25) is 10.0 Å². The summed E-state index contributed by atoms with van der Waals surface area (Å²) in [6.07, 6.45) is 12.5. The number of nitrogens with one attached hydrogen (secondary N) is 2. The SMILES string of the molecule is CN1CCC2(CC1)CC(CO)C2.CN1CCC2(CC1)CC(COc1cc3ncnc(Nc4ccc(F)c(Cl)c4)c3cc1[N+](=O)[O-])C2.O=[N+]([O-])c1cc2c(Nc3ccc(F)c(Cl)c3)ncnc2cc1F. The summed E-state index contributed by atoms with van der Waals surface area (Å²) < 4.78 is 46.3. The van der Waals surface area contributed by atoms with Gasteiger partial charge in [0.1, 0.15) is 35.9 Å². The summed E-state index contributed by atoms with van der Waals surface area (Å²) in [5.74, 6) is -0.301. The Morgan fingerprint density at radius 3 is 1.57 bits per heavy atom. The van der Waals surface area contributed by atoms with Gasteiger partial charge in [-0.3, -0.25) is 20.2 Å². The molecule has 4 heterocycles. The lowest BCUT2D eigenvalue weighted by atomic mass is 9.58. The third kappa shape index (κ3) is 11.6. The van der Waals surface area contributed by atoms with Crippen LogP contribution in [0, 0.1) is 60.3 Å². The highest BCUT2D eigenvalue weighted by molar-refractivity contribution is 6.31. The summed E-state index contributed by atoms with van der Waals surface area (Å²) in [7, 11) is 4.36. The van der Waals surface area contributed by atoms with Crippen LogP contribution >= 0.6 is 23.2 Å². The van der Waals surface area contributed by atoms with Crippen molar-refractivity contribution in [2.45, 2.75) is 51.4 Å². The minimum atomic E-state index is -0.989. The summed E-state index contributed by atoms with van der Waals surface area (Å²) >= 11 is 11.6. The Balaban J connectivity index is 0.000000157. The van der Waals surface area contributed by atoms with E-state index < -0.39 is 33.0 Å². The second-order valence-electron chi connectivity index (χ2n) is 18.8. The lowest BCUT2D eigenvalue weighted by Gasteiger charge is -2.51. The summed E-state index contributed by atoms with van der Waals surface area (Å²) in [6, 6.07) is 13.1. The third-order valence-electron chi connectivity index (χ3n) is 13.9. The lowest BCUT2D eigenvalue weighted by Crippen LogP contribution is -2.47. The first-order valence-electron chi connectivity index (χ1n) is 22.6. The van der Waals surface area contributed by atoms with Gasteiger partial charge in [-0.05, 0) is 151 Å². The average Bonchev–Trinajstić information content (AvgIpc) is 3.30. The topological polar surface area (TPSA) is 198 Å². The molecule has 2 aliphatic carbocycles. The van der Waals surface area contributed by atoms with E-state index in [1.807, 2.05) is 0 Å². The van der Waals surface area contributed by atoms with Gasteiger partial charge in [0.05, 0.1) is 48.3 Å². The Labute approximate surface area is 405 Å². The molecule has 0 amide bonds. The van der Waals surface area contributed by atoms with Crippen LogP contribution in [0.15, 0.2) is 73.3 Å². The van der Waals surface area contributed by atoms with Crippen LogP contribution in [0.1, 0.15) is 51.4 Å². The number of aromatic nitrogens is 4. The van der Waals surface area contributed by atoms with Gasteiger partial charge in [-0.15, -0.1) is 0 Å². The van der Waals surface area contributed by atoms with Crippen LogP contribution in [0.4, 0.5) is 47.6 Å². The van der Waals surface area contributed by atoms with Crippen molar-refractivity contribution in [3.63, 3.8) is 0 Å². The fourth-order valence-corrected chi connectivity index (χ4v) is 10.3. The van der Waals surface area contributed by atoms with Crippen molar-refractivity contribution in [2.24, 2.45) is 22.7 Å². The van der Waals surface area contributed by atoms with Crippen molar-refractivity contribution in [2.75, 3.05) is 64.1 Å². The first-order chi connectivity index (χ1) is 33.0. The molecule has 4 aromatic carbocycles. The van der Waals surface area contributed by atoms with Gasteiger partial charge < -0.3 is 30.3 Å². The number of aliphatic hydroxyl groups excluding tert-OH is 1. The van der Waals surface area contributed by atoms with E-state index in [4.69, 9.17) is 33.0 Å². The Bertz CT molecular complexity index is 2850. The number of aliphatic hydroxyl groups is 1. The molecule has 16 nitrogen and oxygen atoms in total. The maximum atomic E-state index is 13.6. The van der Waals surface area contributed by atoms with Gasteiger partial charge in [-0.1, -0.05) is 23.2 Å². The van der Waals surface area contributed by atoms with Crippen molar-refractivity contribution in [3.8, 4) is 5.75 Å². The number of ether oxygens (including phenoxy) is 1. The van der Waals surface area contributed by atoms with E-state index in [0.717, 1.165) is 44.1 Å². The van der Waals surface area contributed by atoms with Gasteiger partial charge in [-0.2, -0.15) is 4.39 Å². The van der Waals surface area contributed by atoms with Gasteiger partial charge in [0.2, 0.25) is 5.82 Å². The van der Waals surface area contributed by atoms with Crippen molar-refractivity contribution < 1.29 is 32.9 Å². The van der Waals surface area contributed by atoms with Crippen LogP contribution in [0.5, 0.6) is 5.75 Å². The zero-order valence-corrected chi connectivity index (χ0v) is 39.5. The number of nitro benzene ring substituents is 2. The second kappa shape index (κ2) is 20.9. The van der Waals surface area contributed by atoms with Crippen LogP contribution in [-0.4, -0.2) is 98.2 Å². The van der Waals surface area contributed by atoms with Crippen molar-refractivity contribution >= 4 is 79.4 Å². The fourth-order valence-electron chi connectivity index (χ4n) is 9.94. The molecule has 2 spiro atoms. The molecule has 0 bridgehead atoms. The van der Waals surface area contributed by atoms with Gasteiger partial charge in [0.25, 0.3) is 0 Å². The number of hydrogen-bond donors (Lipinski definition) is 3. The molecule has 364 valence electrons. The van der Waals surface area contributed by atoms with Crippen molar-refractivity contribution in [1.82, 2.24) is 29.7 Å². The highest BCUT2D eigenvalue weighted by Crippen LogP contribution is 2.53. The highest BCUT2D eigenvalue weighted by Gasteiger charge is 2.46. The normalized spacial score (nSPS) is 17.8. The van der Waals surface area contributed by atoms with Crippen LogP contribution in [0.25, 0.3) is 21.8 Å². The summed E-state index contributed by atoms with van der Waals surface area (Å²) in [5, 5.41) is 38.1. The molecule has 0 unspecified atom stereocenters. The number of hydrogen-bond acceptors (Lipinski definition) is 14. The van der Waals surface area contributed by atoms with E-state index in [9.17, 15) is 33.4 Å². The maximum Gasteiger partial charge on any atom is 0.311 e. The van der Waals surface area contributed by atoms with Gasteiger partial charge in [-0.25, -0.2) is 28.7 Å². The van der Waals surface area contributed by atoms with Crippen LogP contribution in [0.3, 0.4) is 0 Å². The standard InChI is InChI=1S/C24H25ClFN5O3.C14H7ClF2N4O2.C10H19NO/c1-30-6-4-24(5-7-30)11-15(12-24)13-34-22-10-20-17(9-21(22)31(32)33)23(28-14-27-20)29-16-2-3-19(26)18(25)8-16;15-9-3-7(1-2-10(9)16)20-14-8-4-13(21(22)23)11(17)5-12(8)18-6-19-14;1-11-4-2-10(3-5-11)6-9(7-10)8-12/h2-3,8-10,14-15H,4-7,11-13H2,1H3,(H,27,28,29);1-6H,(H,18,19,20);9,12H,2-8H2,1H3. The minimum absolute atomic E-state index is 0.0388. The summed E-state index contributed by atoms with van der Waals surface area (Å²) in [4.78, 5) is 42.5. The molecule has 2 aliphatic heterocycles. The average molecular weight is 992 g/mol. The first-order valence-corrected chi connectivity index (χ1v) is 23.3. The maximum absolute atomic E-state index is 13.6. The van der Waals surface area contributed by atoms with Gasteiger partial charge in [0, 0.05) is 42.2 Å². The van der Waals surface area contributed by atoms with Crippen LogP contribution in [-0.2, 0) is 0 Å². The second-order valence-corrected chi connectivity index (χ2v) is 19.6. The quantitative estimate of drug-likeness (QED) is 0.0865. The zero-order chi connectivity index (χ0) is 49.0. The number of likely N-dealkylation sites (tertiary alicyclic amines) is 2. The molecule has 0 atom stereocenters. The molecule has 2 aromatic heterocycles. The Morgan fingerprint density at radius 2 is 1.12 bits per heavy atom. The predicted octanol–water partition coefficient (Wildman–Crippen LogP) is 10.9. The van der Waals surface area contributed by atoms with E-state index >= 15 is 0 Å². The summed E-state index contributed by atoms with van der Waals surface area (Å²) in [6.45, 7) is 5.65. The monoisotopic (exact) mass is 990 g/mol. The van der Waals surface area contributed by atoms with Crippen LogP contribution < -0.4 is 15.4 Å². The summed E-state index contributed by atoms with van der Waals surface area (Å²) in [5.41, 5.74) is 1.87. The lowest BCUT2D eigenvalue weighted by molar-refractivity contribution is -0.387. The predicted molar refractivity (Wildman–Crippen MR) is 258 cm³/mol. The molecule has 69 heavy (non-hydrogen) atoms. The molecule has 3 N–H and O–H groups in total. The van der Waals surface area contributed by atoms with E-state index in [-0.39, 0.29) is 38.2 Å². The molecule has 2 saturated heterocycles. The molecular formula is C48H51Cl2F3N10O6. The van der Waals surface area contributed by atoms with Crippen molar-refractivity contribution in [1.29, 1.82) is 0 Å². The number of halogens is 5. The smallest absolute Gasteiger partial charge is 0.311 e. The number of rotatable bonds is 10. The first kappa shape index (κ1) is 49.4. The minimum Gasteiger partial charge on any atom is -0.486 e. The van der Waals surface area contributed by atoms with E-state index in [1.165, 1.54) is 101 Å². The van der Waals surface area contributed by atoms with Gasteiger partial charge in [0.15, 0.2) is 5.75 Å². The number of piperidine rings is 2. The molecule has 4 aliphatic rings. The van der Waals surface area contributed by atoms with E-state index in [0.29, 0.717) is 64.0 Å². The zero-order valence-electron chi connectivity index (χ0n) is 37.9. The van der Waals surface area contributed by atoms with E-state index in [2.05, 4.69) is 54.5 Å². The molecular weight excluding hydrogens is 940 g/mol. The Kier molecular flexibility index (Phi) is 15.0. The fraction of sp³-hybridized carbons (Fsp3) is 0.417. The molecule has 2 saturated carbocycles. The van der Waals surface area contributed by atoms with Gasteiger partial charge >= 0.3 is 11.4 Å². The number of anilines is 4. The Hall–Kier alpha value is -5.99. The molecule has 21 heteroatoms. The molecule has 10 rings (SSSR count). The molecule has 0 radical (unpaired) electrons. The number of nitrogens with zero attached hydrogens (tertiary/aromatic N) is 8. The molecule has 6 aromatic rings. The Morgan fingerprint density at radius 1 is 0.667 bits per heavy atom. The number of fused-ring (bicyclic) bond motifs is 2. The number of nitro groups is 2.